The van der Waals surface area contributed by atoms with E-state index in [0.717, 1.165) is 11.8 Å². The maximum atomic E-state index is 12.0. The highest BCUT2D eigenvalue weighted by molar-refractivity contribution is 8.13. The van der Waals surface area contributed by atoms with Gasteiger partial charge >= 0.3 is 12.1 Å². The Hall–Kier alpha value is -1.77. The van der Waals surface area contributed by atoms with Crippen molar-refractivity contribution in [3.05, 3.63) is 0 Å². The summed E-state index contributed by atoms with van der Waals surface area (Å²) >= 11 is 1.07. The fraction of sp³-hybridized carbons (Fsp3) is 0.714. The maximum Gasteiger partial charge on any atom is 0.408 e. The minimum absolute atomic E-state index is 0.0532. The molecule has 0 heterocycles. The van der Waals surface area contributed by atoms with Crippen LogP contribution in [-0.4, -0.2) is 53.6 Å². The molecule has 0 spiro atoms. The maximum absolute atomic E-state index is 12.0. The molecule has 23 heavy (non-hydrogen) atoms. The molecule has 0 unspecified atom stereocenters. The first-order valence-corrected chi connectivity index (χ1v) is 8.04. The van der Waals surface area contributed by atoms with Gasteiger partial charge in [-0.05, 0) is 20.8 Å². The Morgan fingerprint density at radius 3 is 2.22 bits per heavy atom. The van der Waals surface area contributed by atoms with Gasteiger partial charge in [-0.25, -0.2) is 4.79 Å². The lowest BCUT2D eigenvalue weighted by atomic mass is 10.2. The van der Waals surface area contributed by atoms with Crippen LogP contribution in [0, 0.1) is 0 Å². The van der Waals surface area contributed by atoms with Crippen LogP contribution in [0.2, 0.25) is 0 Å². The van der Waals surface area contributed by atoms with E-state index in [1.165, 1.54) is 13.8 Å². The number of esters is 1. The fourth-order valence-electron chi connectivity index (χ4n) is 1.33. The highest BCUT2D eigenvalue weighted by Gasteiger charge is 2.25. The van der Waals surface area contributed by atoms with Crippen LogP contribution >= 0.6 is 11.8 Å². The summed E-state index contributed by atoms with van der Waals surface area (Å²) in [6.45, 7) is 7.63. The molecule has 0 aliphatic heterocycles. The van der Waals surface area contributed by atoms with Crippen molar-refractivity contribution in [3.8, 4) is 0 Å². The van der Waals surface area contributed by atoms with E-state index in [4.69, 9.17) is 9.47 Å². The first-order valence-electron chi connectivity index (χ1n) is 7.05. The van der Waals surface area contributed by atoms with Crippen molar-refractivity contribution in [2.75, 3.05) is 18.9 Å². The second-order valence-electron chi connectivity index (χ2n) is 5.63. The Morgan fingerprint density at radius 1 is 1.13 bits per heavy atom. The van der Waals surface area contributed by atoms with Crippen LogP contribution in [0.4, 0.5) is 4.79 Å². The van der Waals surface area contributed by atoms with Gasteiger partial charge in [-0.1, -0.05) is 11.8 Å². The Labute approximate surface area is 140 Å². The number of hydrogen-bond donors (Lipinski definition) is 2. The van der Waals surface area contributed by atoms with Gasteiger partial charge in [-0.3, -0.25) is 14.4 Å². The number of ether oxygens (including phenoxy) is 2. The molecule has 0 aromatic heterocycles. The molecule has 2 N–H and O–H groups in total. The Morgan fingerprint density at radius 2 is 1.74 bits per heavy atom. The Balaban J connectivity index is 4.53. The normalized spacial score (nSPS) is 12.0. The van der Waals surface area contributed by atoms with Crippen LogP contribution in [0.5, 0.6) is 0 Å². The summed E-state index contributed by atoms with van der Waals surface area (Å²) in [6, 6.07) is -1.07. The van der Waals surface area contributed by atoms with Gasteiger partial charge in [-0.2, -0.15) is 0 Å². The van der Waals surface area contributed by atoms with Gasteiger partial charge in [-0.15, -0.1) is 0 Å². The molecule has 0 saturated heterocycles. The summed E-state index contributed by atoms with van der Waals surface area (Å²) in [4.78, 5) is 45.4. The van der Waals surface area contributed by atoms with Crippen molar-refractivity contribution in [2.45, 2.75) is 46.3 Å². The van der Waals surface area contributed by atoms with Gasteiger partial charge in [0.05, 0.1) is 0 Å². The number of nitrogens with one attached hydrogen (secondary N) is 2. The number of alkyl carbamates (subject to hydrolysis) is 1. The lowest BCUT2D eigenvalue weighted by Gasteiger charge is -2.23. The number of rotatable bonds is 7. The summed E-state index contributed by atoms with van der Waals surface area (Å²) in [5, 5.41) is 4.86. The van der Waals surface area contributed by atoms with E-state index in [-0.39, 0.29) is 18.3 Å². The minimum Gasteiger partial charge on any atom is -0.463 e. The van der Waals surface area contributed by atoms with Gasteiger partial charge in [0.15, 0.2) is 5.12 Å². The summed E-state index contributed by atoms with van der Waals surface area (Å²) < 4.78 is 9.83. The van der Waals surface area contributed by atoms with Gasteiger partial charge in [0.25, 0.3) is 0 Å². The number of thioether (sulfide) groups is 1. The molecule has 0 fully saturated rings. The molecule has 0 rings (SSSR count). The van der Waals surface area contributed by atoms with Crippen molar-refractivity contribution < 1.29 is 28.7 Å². The molecular formula is C14H24N2O6S. The third-order valence-corrected chi connectivity index (χ3v) is 2.98. The molecule has 132 valence electrons. The first-order chi connectivity index (χ1) is 10.5. The molecule has 0 aromatic carbocycles. The van der Waals surface area contributed by atoms with E-state index in [2.05, 4.69) is 10.6 Å². The molecule has 0 radical (unpaired) electrons. The third kappa shape index (κ3) is 12.5. The van der Waals surface area contributed by atoms with E-state index in [9.17, 15) is 19.2 Å². The molecule has 0 aromatic rings. The molecule has 0 bridgehead atoms. The van der Waals surface area contributed by atoms with Gasteiger partial charge in [0.1, 0.15) is 18.2 Å². The third-order valence-electron chi connectivity index (χ3n) is 2.17. The predicted octanol–water partition coefficient (Wildman–Crippen LogP) is 0.839. The van der Waals surface area contributed by atoms with E-state index >= 15 is 0 Å². The molecule has 1 atom stereocenters. The SMILES string of the molecule is CC(=O)OC[C@H](NC(=O)OC(C)(C)C)C(=O)NCCSC(C)=O. The molecule has 8 nitrogen and oxygen atoms in total. The smallest absolute Gasteiger partial charge is 0.408 e. The number of amides is 2. The molecule has 9 heteroatoms. The van der Waals surface area contributed by atoms with Crippen molar-refractivity contribution in [2.24, 2.45) is 0 Å². The van der Waals surface area contributed by atoms with Crippen LogP contribution < -0.4 is 10.6 Å². The van der Waals surface area contributed by atoms with Gasteiger partial charge in [0.2, 0.25) is 5.91 Å². The monoisotopic (exact) mass is 348 g/mol. The first kappa shape index (κ1) is 21.2. The minimum atomic E-state index is -1.07. The molecule has 2 amide bonds. The summed E-state index contributed by atoms with van der Waals surface area (Å²) in [7, 11) is 0. The van der Waals surface area contributed by atoms with E-state index < -0.39 is 29.6 Å². The van der Waals surface area contributed by atoms with Crippen molar-refractivity contribution in [1.82, 2.24) is 10.6 Å². The average Bonchev–Trinajstić information content (AvgIpc) is 2.36. The highest BCUT2D eigenvalue weighted by atomic mass is 32.2. The number of carbonyl (C=O) groups is 4. The predicted molar refractivity (Wildman–Crippen MR) is 85.9 cm³/mol. The second kappa shape index (κ2) is 10.1. The topological polar surface area (TPSA) is 111 Å². The zero-order chi connectivity index (χ0) is 18.0. The van der Waals surface area contributed by atoms with Crippen LogP contribution in [0.1, 0.15) is 34.6 Å². The summed E-state index contributed by atoms with van der Waals surface area (Å²) in [5.74, 6) is -0.685. The largest absolute Gasteiger partial charge is 0.463 e. The molecule has 0 saturated carbocycles. The summed E-state index contributed by atoms with van der Waals surface area (Å²) in [5.41, 5.74) is -0.718. The average molecular weight is 348 g/mol. The zero-order valence-electron chi connectivity index (χ0n) is 14.1. The Kier molecular flexibility index (Phi) is 9.31. The quantitative estimate of drug-likeness (QED) is 0.518. The standard InChI is InChI=1S/C14H24N2O6S/c1-9(17)21-8-11(16-13(20)22-14(3,4)5)12(19)15-6-7-23-10(2)18/h11H,6-8H2,1-5H3,(H,15,19)(H,16,20)/t11-/m0/s1. The van der Waals surface area contributed by atoms with Crippen molar-refractivity contribution in [3.63, 3.8) is 0 Å². The van der Waals surface area contributed by atoms with E-state index in [1.807, 2.05) is 0 Å². The lowest BCUT2D eigenvalue weighted by Crippen LogP contribution is -2.51. The van der Waals surface area contributed by atoms with E-state index in [0.29, 0.717) is 5.75 Å². The van der Waals surface area contributed by atoms with Gasteiger partial charge < -0.3 is 20.1 Å². The van der Waals surface area contributed by atoms with Gasteiger partial charge in [0, 0.05) is 26.1 Å². The zero-order valence-corrected chi connectivity index (χ0v) is 14.9. The molecule has 0 aliphatic rings. The van der Waals surface area contributed by atoms with Crippen LogP contribution in [-0.2, 0) is 23.9 Å². The number of hydrogen-bond acceptors (Lipinski definition) is 7. The highest BCUT2D eigenvalue weighted by Crippen LogP contribution is 2.07. The van der Waals surface area contributed by atoms with Crippen LogP contribution in [0.3, 0.4) is 0 Å². The fourth-order valence-corrected chi connectivity index (χ4v) is 1.82. The van der Waals surface area contributed by atoms with Crippen LogP contribution in [0.15, 0.2) is 0 Å². The number of carbonyl (C=O) groups excluding carboxylic acids is 4. The molecule has 0 aliphatic carbocycles. The van der Waals surface area contributed by atoms with Crippen molar-refractivity contribution in [1.29, 1.82) is 0 Å². The van der Waals surface area contributed by atoms with E-state index in [1.54, 1.807) is 20.8 Å². The molecular weight excluding hydrogens is 324 g/mol. The summed E-state index contributed by atoms with van der Waals surface area (Å²) in [6.07, 6.45) is -0.789. The van der Waals surface area contributed by atoms with Crippen molar-refractivity contribution >= 4 is 34.8 Å². The van der Waals surface area contributed by atoms with Crippen LogP contribution in [0.25, 0.3) is 0 Å². The Bertz CT molecular complexity index is 447. The lowest BCUT2D eigenvalue weighted by molar-refractivity contribution is -0.142. The second-order valence-corrected chi connectivity index (χ2v) is 6.90.